The third kappa shape index (κ3) is 1.17. The maximum atomic E-state index is 10.1. The van der Waals surface area contributed by atoms with Crippen LogP contribution in [0.2, 0.25) is 0 Å². The molecule has 0 aliphatic carbocycles. The SMILES string of the molecule is Oc1c2ccc[c]c2cc2ccccc12. The van der Waals surface area contributed by atoms with Crippen LogP contribution in [0.1, 0.15) is 0 Å². The number of phenolic OH excluding ortho intramolecular Hbond substituents is 1. The molecule has 0 atom stereocenters. The van der Waals surface area contributed by atoms with Crippen molar-refractivity contribution < 1.29 is 5.11 Å². The lowest BCUT2D eigenvalue weighted by molar-refractivity contribution is 0.488. The van der Waals surface area contributed by atoms with Crippen LogP contribution in [0, 0.1) is 6.07 Å². The van der Waals surface area contributed by atoms with E-state index < -0.39 is 0 Å². The van der Waals surface area contributed by atoms with E-state index in [-0.39, 0.29) is 0 Å². The molecule has 0 aromatic heterocycles. The van der Waals surface area contributed by atoms with E-state index in [4.69, 9.17) is 0 Å². The summed E-state index contributed by atoms with van der Waals surface area (Å²) in [5.41, 5.74) is 0. The molecule has 1 heteroatoms. The van der Waals surface area contributed by atoms with Gasteiger partial charge in [0.1, 0.15) is 5.75 Å². The predicted octanol–water partition coefficient (Wildman–Crippen LogP) is 3.50. The fraction of sp³-hybridized carbons (Fsp3) is 0. The highest BCUT2D eigenvalue weighted by atomic mass is 16.3. The van der Waals surface area contributed by atoms with Gasteiger partial charge in [0.25, 0.3) is 0 Å². The average Bonchev–Trinajstić information content (AvgIpc) is 2.30. The first-order valence-electron chi connectivity index (χ1n) is 4.87. The zero-order chi connectivity index (χ0) is 10.3. The molecule has 1 radical (unpaired) electrons. The summed E-state index contributed by atoms with van der Waals surface area (Å²) in [6.45, 7) is 0. The van der Waals surface area contributed by atoms with Gasteiger partial charge in [-0.25, -0.2) is 0 Å². The van der Waals surface area contributed by atoms with E-state index in [2.05, 4.69) is 6.07 Å². The minimum absolute atomic E-state index is 0.347. The number of benzene rings is 3. The van der Waals surface area contributed by atoms with Gasteiger partial charge in [0.05, 0.1) is 0 Å². The highest BCUT2D eigenvalue weighted by Crippen LogP contribution is 2.32. The standard InChI is InChI=1S/C14H9O/c15-14-12-7-3-1-5-10(12)9-11-6-2-4-8-13(11)14/h1-5,7-9,15H. The Kier molecular flexibility index (Phi) is 1.65. The van der Waals surface area contributed by atoms with Gasteiger partial charge in [-0.1, -0.05) is 42.5 Å². The number of hydrogen-bond acceptors (Lipinski definition) is 1. The molecule has 0 aliphatic heterocycles. The molecule has 0 heterocycles. The van der Waals surface area contributed by atoms with Crippen molar-refractivity contribution in [3.05, 3.63) is 54.6 Å². The first-order valence-corrected chi connectivity index (χ1v) is 4.87. The fourth-order valence-electron chi connectivity index (χ4n) is 1.91. The maximum absolute atomic E-state index is 10.1. The minimum atomic E-state index is 0.347. The van der Waals surface area contributed by atoms with Crippen molar-refractivity contribution in [3.8, 4) is 5.75 Å². The minimum Gasteiger partial charge on any atom is -0.507 e. The molecule has 0 bridgehead atoms. The van der Waals surface area contributed by atoms with Crippen molar-refractivity contribution in [2.45, 2.75) is 0 Å². The van der Waals surface area contributed by atoms with Crippen molar-refractivity contribution in [3.63, 3.8) is 0 Å². The van der Waals surface area contributed by atoms with Crippen LogP contribution >= 0.6 is 0 Å². The quantitative estimate of drug-likeness (QED) is 0.542. The normalized spacial score (nSPS) is 10.9. The zero-order valence-electron chi connectivity index (χ0n) is 8.07. The molecule has 71 valence electrons. The monoisotopic (exact) mass is 193 g/mol. The van der Waals surface area contributed by atoms with Crippen LogP contribution in [0.4, 0.5) is 0 Å². The number of phenols is 1. The fourth-order valence-corrected chi connectivity index (χ4v) is 1.91. The van der Waals surface area contributed by atoms with E-state index >= 15 is 0 Å². The predicted molar refractivity (Wildman–Crippen MR) is 62.0 cm³/mol. The topological polar surface area (TPSA) is 20.2 Å². The molecule has 1 N–H and O–H groups in total. The molecular formula is C14H9O. The molecule has 0 saturated carbocycles. The molecule has 0 aliphatic rings. The lowest BCUT2D eigenvalue weighted by atomic mass is 10.0. The van der Waals surface area contributed by atoms with Crippen LogP contribution in [0.25, 0.3) is 21.5 Å². The van der Waals surface area contributed by atoms with E-state index in [1.165, 1.54) is 0 Å². The Morgan fingerprint density at radius 1 is 0.933 bits per heavy atom. The molecule has 3 aromatic carbocycles. The molecular weight excluding hydrogens is 184 g/mol. The van der Waals surface area contributed by atoms with Gasteiger partial charge < -0.3 is 5.11 Å². The molecule has 0 spiro atoms. The second kappa shape index (κ2) is 2.99. The van der Waals surface area contributed by atoms with E-state index in [1.807, 2.05) is 48.5 Å². The van der Waals surface area contributed by atoms with Crippen molar-refractivity contribution in [1.82, 2.24) is 0 Å². The largest absolute Gasteiger partial charge is 0.507 e. The third-order valence-electron chi connectivity index (χ3n) is 2.66. The van der Waals surface area contributed by atoms with Gasteiger partial charge in [0.2, 0.25) is 0 Å². The summed E-state index contributed by atoms with van der Waals surface area (Å²) in [5.74, 6) is 0.347. The third-order valence-corrected chi connectivity index (χ3v) is 2.66. The summed E-state index contributed by atoms with van der Waals surface area (Å²) in [6.07, 6.45) is 0. The van der Waals surface area contributed by atoms with Gasteiger partial charge in [-0.05, 0) is 22.9 Å². The van der Waals surface area contributed by atoms with Gasteiger partial charge in [-0.3, -0.25) is 0 Å². The Morgan fingerprint density at radius 3 is 2.67 bits per heavy atom. The van der Waals surface area contributed by atoms with Crippen molar-refractivity contribution in [2.24, 2.45) is 0 Å². The molecule has 0 unspecified atom stereocenters. The molecule has 1 nitrogen and oxygen atoms in total. The molecule has 0 amide bonds. The van der Waals surface area contributed by atoms with Crippen LogP contribution in [0.15, 0.2) is 48.5 Å². The number of hydrogen-bond donors (Lipinski definition) is 1. The van der Waals surface area contributed by atoms with Gasteiger partial charge in [0, 0.05) is 10.8 Å². The smallest absolute Gasteiger partial charge is 0.131 e. The lowest BCUT2D eigenvalue weighted by Gasteiger charge is -2.05. The summed E-state index contributed by atoms with van der Waals surface area (Å²) in [6, 6.07) is 18.6. The first-order chi connectivity index (χ1) is 7.36. The van der Waals surface area contributed by atoms with Crippen LogP contribution in [-0.2, 0) is 0 Å². The summed E-state index contributed by atoms with van der Waals surface area (Å²) in [4.78, 5) is 0. The molecule has 15 heavy (non-hydrogen) atoms. The Bertz CT molecular complexity index is 587. The summed E-state index contributed by atoms with van der Waals surface area (Å²) in [5, 5.41) is 13.8. The van der Waals surface area contributed by atoms with Gasteiger partial charge >= 0.3 is 0 Å². The molecule has 3 rings (SSSR count). The molecule has 0 saturated heterocycles. The Balaban J connectivity index is 2.60. The van der Waals surface area contributed by atoms with Crippen LogP contribution in [-0.4, -0.2) is 5.11 Å². The molecule has 0 fully saturated rings. The first kappa shape index (κ1) is 8.30. The van der Waals surface area contributed by atoms with E-state index in [0.29, 0.717) is 5.75 Å². The summed E-state index contributed by atoms with van der Waals surface area (Å²) in [7, 11) is 0. The van der Waals surface area contributed by atoms with E-state index in [0.717, 1.165) is 21.5 Å². The Morgan fingerprint density at radius 2 is 1.73 bits per heavy atom. The second-order valence-corrected chi connectivity index (χ2v) is 3.58. The van der Waals surface area contributed by atoms with Crippen molar-refractivity contribution >= 4 is 21.5 Å². The second-order valence-electron chi connectivity index (χ2n) is 3.58. The Hall–Kier alpha value is -2.02. The lowest BCUT2D eigenvalue weighted by Crippen LogP contribution is -1.78. The van der Waals surface area contributed by atoms with Crippen molar-refractivity contribution in [2.75, 3.05) is 0 Å². The zero-order valence-corrected chi connectivity index (χ0v) is 8.07. The summed E-state index contributed by atoms with van der Waals surface area (Å²) < 4.78 is 0. The van der Waals surface area contributed by atoms with E-state index in [1.54, 1.807) is 0 Å². The number of fused-ring (bicyclic) bond motifs is 2. The van der Waals surface area contributed by atoms with Crippen LogP contribution in [0.3, 0.4) is 0 Å². The molecule has 3 aromatic rings. The summed E-state index contributed by atoms with van der Waals surface area (Å²) >= 11 is 0. The van der Waals surface area contributed by atoms with Crippen molar-refractivity contribution in [1.29, 1.82) is 0 Å². The van der Waals surface area contributed by atoms with Gasteiger partial charge in [-0.2, -0.15) is 0 Å². The van der Waals surface area contributed by atoms with Crippen LogP contribution in [0.5, 0.6) is 5.75 Å². The van der Waals surface area contributed by atoms with Gasteiger partial charge in [0.15, 0.2) is 0 Å². The highest BCUT2D eigenvalue weighted by Gasteiger charge is 2.04. The van der Waals surface area contributed by atoms with Gasteiger partial charge in [-0.15, -0.1) is 0 Å². The van der Waals surface area contributed by atoms with Crippen LogP contribution < -0.4 is 0 Å². The van der Waals surface area contributed by atoms with E-state index in [9.17, 15) is 5.11 Å². The number of rotatable bonds is 0. The Labute approximate surface area is 87.6 Å². The number of aromatic hydroxyl groups is 1. The maximum Gasteiger partial charge on any atom is 0.131 e. The highest BCUT2D eigenvalue weighted by molar-refractivity contribution is 6.04. The average molecular weight is 193 g/mol.